The Morgan fingerprint density at radius 3 is 3.33 bits per heavy atom. The molecule has 0 aromatic carbocycles. The number of carbonyl (C=O) groups is 1. The lowest BCUT2D eigenvalue weighted by molar-refractivity contribution is 0.0594. The Bertz CT molecular complexity index is 345. The van der Waals surface area contributed by atoms with Crippen molar-refractivity contribution < 1.29 is 9.53 Å². The van der Waals surface area contributed by atoms with Gasteiger partial charge in [0.05, 0.1) is 12.1 Å². The Labute approximate surface area is 92.7 Å². The van der Waals surface area contributed by atoms with E-state index in [4.69, 9.17) is 0 Å². The number of hydrogen-bond donors (Lipinski definition) is 1. The Hall–Kier alpha value is -0.940. The third-order valence-electron chi connectivity index (χ3n) is 2.57. The summed E-state index contributed by atoms with van der Waals surface area (Å²) in [6.07, 6.45) is 2.17. The molecule has 0 amide bonds. The highest BCUT2D eigenvalue weighted by molar-refractivity contribution is 7.09. The van der Waals surface area contributed by atoms with Crippen LogP contribution in [-0.2, 0) is 11.2 Å². The van der Waals surface area contributed by atoms with Gasteiger partial charge in [-0.15, -0.1) is 11.3 Å². The van der Waals surface area contributed by atoms with Crippen LogP contribution in [0.1, 0.15) is 21.9 Å². The summed E-state index contributed by atoms with van der Waals surface area (Å²) < 4.78 is 4.61. The van der Waals surface area contributed by atoms with Crippen LogP contribution < -0.4 is 5.32 Å². The smallest absolute Gasteiger partial charge is 0.357 e. The highest BCUT2D eigenvalue weighted by atomic mass is 32.1. The zero-order valence-electron chi connectivity index (χ0n) is 8.66. The van der Waals surface area contributed by atoms with E-state index >= 15 is 0 Å². The quantitative estimate of drug-likeness (QED) is 0.784. The van der Waals surface area contributed by atoms with Gasteiger partial charge in [-0.1, -0.05) is 0 Å². The van der Waals surface area contributed by atoms with Gasteiger partial charge >= 0.3 is 5.97 Å². The zero-order valence-corrected chi connectivity index (χ0v) is 9.47. The first-order valence-electron chi connectivity index (χ1n) is 5.03. The van der Waals surface area contributed by atoms with E-state index in [1.54, 1.807) is 16.7 Å². The van der Waals surface area contributed by atoms with Crippen LogP contribution in [0.2, 0.25) is 0 Å². The Kier molecular flexibility index (Phi) is 3.33. The standard InChI is InChI=1S/C10H14N2O2S/c1-14-10(13)8-6-15-9(12-8)4-7-2-3-11-5-7/h6-7,11H,2-5H2,1H3. The van der Waals surface area contributed by atoms with Gasteiger partial charge in [-0.05, 0) is 25.4 Å². The molecule has 1 aromatic heterocycles. The predicted octanol–water partition coefficient (Wildman–Crippen LogP) is 1.08. The molecule has 1 N–H and O–H groups in total. The molecule has 0 bridgehead atoms. The van der Waals surface area contributed by atoms with E-state index in [1.165, 1.54) is 13.5 Å². The average Bonchev–Trinajstić information content (AvgIpc) is 2.88. The molecule has 5 heteroatoms. The summed E-state index contributed by atoms with van der Waals surface area (Å²) in [5.74, 6) is 0.323. The van der Waals surface area contributed by atoms with Gasteiger partial charge < -0.3 is 10.1 Å². The molecule has 2 heterocycles. The van der Waals surface area contributed by atoms with E-state index in [2.05, 4.69) is 15.0 Å². The molecule has 15 heavy (non-hydrogen) atoms. The molecule has 1 fully saturated rings. The van der Waals surface area contributed by atoms with Crippen LogP contribution in [0, 0.1) is 5.92 Å². The van der Waals surface area contributed by atoms with Crippen molar-refractivity contribution in [1.29, 1.82) is 0 Å². The second-order valence-corrected chi connectivity index (χ2v) is 4.62. The maximum atomic E-state index is 11.2. The van der Waals surface area contributed by atoms with Crippen molar-refractivity contribution in [3.05, 3.63) is 16.1 Å². The van der Waals surface area contributed by atoms with Crippen LogP contribution in [0.5, 0.6) is 0 Å². The average molecular weight is 226 g/mol. The lowest BCUT2D eigenvalue weighted by Gasteiger charge is -2.03. The molecule has 0 saturated carbocycles. The molecule has 1 aliphatic rings. The Balaban J connectivity index is 1.97. The molecule has 1 saturated heterocycles. The van der Waals surface area contributed by atoms with E-state index in [9.17, 15) is 4.79 Å². The van der Waals surface area contributed by atoms with Gasteiger partial charge in [0.2, 0.25) is 0 Å². The van der Waals surface area contributed by atoms with E-state index in [1.807, 2.05) is 0 Å². The van der Waals surface area contributed by atoms with Gasteiger partial charge in [0.15, 0.2) is 5.69 Å². The summed E-state index contributed by atoms with van der Waals surface area (Å²) in [6, 6.07) is 0. The molecule has 1 atom stereocenters. The minimum absolute atomic E-state index is 0.345. The third-order valence-corrected chi connectivity index (χ3v) is 3.44. The van der Waals surface area contributed by atoms with E-state index in [-0.39, 0.29) is 5.97 Å². The van der Waals surface area contributed by atoms with Gasteiger partial charge in [0.1, 0.15) is 0 Å². The van der Waals surface area contributed by atoms with Crippen LogP contribution in [-0.4, -0.2) is 31.2 Å². The maximum absolute atomic E-state index is 11.2. The number of methoxy groups -OCH3 is 1. The molecule has 1 unspecified atom stereocenters. The fraction of sp³-hybridized carbons (Fsp3) is 0.600. The summed E-state index contributed by atoms with van der Waals surface area (Å²) in [5.41, 5.74) is 0.434. The molecule has 0 radical (unpaired) electrons. The minimum Gasteiger partial charge on any atom is -0.464 e. The molecule has 1 aliphatic heterocycles. The number of nitrogens with one attached hydrogen (secondary N) is 1. The van der Waals surface area contributed by atoms with E-state index in [0.717, 1.165) is 24.5 Å². The first kappa shape index (κ1) is 10.6. The van der Waals surface area contributed by atoms with Crippen LogP contribution in [0.15, 0.2) is 5.38 Å². The number of esters is 1. The number of aromatic nitrogens is 1. The number of carbonyl (C=O) groups excluding carboxylic acids is 1. The number of nitrogens with zero attached hydrogens (tertiary/aromatic N) is 1. The molecule has 0 spiro atoms. The lowest BCUT2D eigenvalue weighted by atomic mass is 10.1. The summed E-state index contributed by atoms with van der Waals surface area (Å²) in [4.78, 5) is 15.4. The second kappa shape index (κ2) is 4.72. The van der Waals surface area contributed by atoms with Gasteiger partial charge in [0.25, 0.3) is 0 Å². The van der Waals surface area contributed by atoms with E-state index < -0.39 is 0 Å². The molecule has 0 aliphatic carbocycles. The molecule has 2 rings (SSSR count). The molecular formula is C10H14N2O2S. The topological polar surface area (TPSA) is 51.2 Å². The summed E-state index contributed by atoms with van der Waals surface area (Å²) in [5, 5.41) is 6.12. The number of ether oxygens (including phenoxy) is 1. The highest BCUT2D eigenvalue weighted by Crippen LogP contribution is 2.18. The number of hydrogen-bond acceptors (Lipinski definition) is 5. The Morgan fingerprint density at radius 1 is 1.80 bits per heavy atom. The van der Waals surface area contributed by atoms with Crippen molar-refractivity contribution >= 4 is 17.3 Å². The van der Waals surface area contributed by atoms with Gasteiger partial charge in [-0.2, -0.15) is 0 Å². The van der Waals surface area contributed by atoms with Crippen LogP contribution in [0.25, 0.3) is 0 Å². The summed E-state index contributed by atoms with van der Waals surface area (Å²) in [7, 11) is 1.38. The number of rotatable bonds is 3. The normalized spacial score (nSPS) is 20.5. The van der Waals surface area contributed by atoms with Gasteiger partial charge in [-0.3, -0.25) is 0 Å². The Morgan fingerprint density at radius 2 is 2.67 bits per heavy atom. The van der Waals surface area contributed by atoms with Crippen molar-refractivity contribution in [3.8, 4) is 0 Å². The lowest BCUT2D eigenvalue weighted by Crippen LogP contribution is -2.11. The SMILES string of the molecule is COC(=O)c1csc(CC2CCNC2)n1. The minimum atomic E-state index is -0.345. The van der Waals surface area contributed by atoms with Crippen LogP contribution in [0.4, 0.5) is 0 Å². The number of thiazole rings is 1. The van der Waals surface area contributed by atoms with Crippen molar-refractivity contribution in [2.45, 2.75) is 12.8 Å². The third kappa shape index (κ3) is 2.54. The fourth-order valence-electron chi connectivity index (χ4n) is 1.74. The largest absolute Gasteiger partial charge is 0.464 e. The summed E-state index contributed by atoms with van der Waals surface area (Å²) in [6.45, 7) is 2.16. The van der Waals surface area contributed by atoms with Crippen molar-refractivity contribution in [3.63, 3.8) is 0 Å². The summed E-state index contributed by atoms with van der Waals surface area (Å²) >= 11 is 1.54. The first-order valence-corrected chi connectivity index (χ1v) is 5.91. The van der Waals surface area contributed by atoms with Crippen molar-refractivity contribution in [1.82, 2.24) is 10.3 Å². The molecule has 82 valence electrons. The predicted molar refractivity (Wildman–Crippen MR) is 58.1 cm³/mol. The van der Waals surface area contributed by atoms with Crippen molar-refractivity contribution in [2.75, 3.05) is 20.2 Å². The van der Waals surface area contributed by atoms with Crippen LogP contribution >= 0.6 is 11.3 Å². The maximum Gasteiger partial charge on any atom is 0.357 e. The highest BCUT2D eigenvalue weighted by Gasteiger charge is 2.18. The van der Waals surface area contributed by atoms with Gasteiger partial charge in [-0.25, -0.2) is 9.78 Å². The second-order valence-electron chi connectivity index (χ2n) is 3.68. The fourth-order valence-corrected chi connectivity index (χ4v) is 2.62. The molecule has 1 aromatic rings. The van der Waals surface area contributed by atoms with Crippen molar-refractivity contribution in [2.24, 2.45) is 5.92 Å². The molecule has 4 nitrogen and oxygen atoms in total. The van der Waals surface area contributed by atoms with Crippen LogP contribution in [0.3, 0.4) is 0 Å². The van der Waals surface area contributed by atoms with E-state index in [0.29, 0.717) is 11.6 Å². The van der Waals surface area contributed by atoms with Gasteiger partial charge in [0, 0.05) is 11.8 Å². The molecular weight excluding hydrogens is 212 g/mol. The monoisotopic (exact) mass is 226 g/mol. The zero-order chi connectivity index (χ0) is 10.7. The first-order chi connectivity index (χ1) is 7.29.